The highest BCUT2D eigenvalue weighted by Crippen LogP contribution is 2.32. The van der Waals surface area contributed by atoms with Crippen LogP contribution in [0.4, 0.5) is 0 Å². The topological polar surface area (TPSA) is 15.3 Å². The zero-order valence-electron chi connectivity index (χ0n) is 13.2. The molecule has 3 atom stereocenters. The normalized spacial score (nSPS) is 29.2. The molecular formula is C16H34N2. The quantitative estimate of drug-likeness (QED) is 0.749. The summed E-state index contributed by atoms with van der Waals surface area (Å²) in [6, 6.07) is 0.743. The minimum atomic E-state index is 0.743. The summed E-state index contributed by atoms with van der Waals surface area (Å²) in [7, 11) is 4.43. The summed E-state index contributed by atoms with van der Waals surface area (Å²) in [4.78, 5) is 2.54. The van der Waals surface area contributed by atoms with Crippen molar-refractivity contribution < 1.29 is 0 Å². The van der Waals surface area contributed by atoms with Crippen LogP contribution < -0.4 is 5.32 Å². The van der Waals surface area contributed by atoms with Crippen LogP contribution in [0.3, 0.4) is 0 Å². The highest BCUT2D eigenvalue weighted by atomic mass is 15.1. The van der Waals surface area contributed by atoms with Crippen molar-refractivity contribution in [3.63, 3.8) is 0 Å². The summed E-state index contributed by atoms with van der Waals surface area (Å²) < 4.78 is 0. The van der Waals surface area contributed by atoms with Gasteiger partial charge in [0.05, 0.1) is 0 Å². The van der Waals surface area contributed by atoms with Crippen LogP contribution >= 0.6 is 0 Å². The van der Waals surface area contributed by atoms with Gasteiger partial charge in [0.25, 0.3) is 0 Å². The summed E-state index contributed by atoms with van der Waals surface area (Å²) in [5.74, 6) is 2.61. The van der Waals surface area contributed by atoms with E-state index in [4.69, 9.17) is 0 Å². The molecule has 1 rings (SSSR count). The molecule has 1 aliphatic carbocycles. The monoisotopic (exact) mass is 254 g/mol. The summed E-state index contributed by atoms with van der Waals surface area (Å²) in [6.45, 7) is 9.44. The molecule has 108 valence electrons. The molecule has 3 unspecified atom stereocenters. The molecule has 18 heavy (non-hydrogen) atoms. The lowest BCUT2D eigenvalue weighted by molar-refractivity contribution is 0.147. The second-order valence-electron chi connectivity index (χ2n) is 6.74. The van der Waals surface area contributed by atoms with Gasteiger partial charge < -0.3 is 10.2 Å². The van der Waals surface area contributed by atoms with Crippen LogP contribution in [-0.4, -0.2) is 38.1 Å². The number of hydrogen-bond donors (Lipinski definition) is 1. The number of hydrogen-bond acceptors (Lipinski definition) is 2. The van der Waals surface area contributed by atoms with Crippen LogP contribution in [0.1, 0.15) is 52.9 Å². The van der Waals surface area contributed by atoms with Crippen molar-refractivity contribution in [3.05, 3.63) is 0 Å². The highest BCUT2D eigenvalue weighted by molar-refractivity contribution is 4.85. The first-order chi connectivity index (χ1) is 8.56. The average molecular weight is 254 g/mol. The third-order valence-corrected chi connectivity index (χ3v) is 4.38. The van der Waals surface area contributed by atoms with Gasteiger partial charge in [0.15, 0.2) is 0 Å². The van der Waals surface area contributed by atoms with Crippen molar-refractivity contribution in [3.8, 4) is 0 Å². The smallest absolute Gasteiger partial charge is 0.0105 e. The van der Waals surface area contributed by atoms with E-state index in [1.54, 1.807) is 0 Å². The fourth-order valence-electron chi connectivity index (χ4n) is 3.71. The minimum Gasteiger partial charge on any atom is -0.317 e. The molecule has 1 fully saturated rings. The molecule has 2 heteroatoms. The third kappa shape index (κ3) is 5.27. The predicted octanol–water partition coefficient (Wildman–Crippen LogP) is 3.38. The summed E-state index contributed by atoms with van der Waals surface area (Å²) in [6.07, 6.45) is 7.02. The van der Waals surface area contributed by atoms with E-state index in [0.717, 1.165) is 23.8 Å². The molecule has 0 radical (unpaired) electrons. The van der Waals surface area contributed by atoms with E-state index in [9.17, 15) is 0 Å². The molecule has 0 aromatic heterocycles. The van der Waals surface area contributed by atoms with E-state index in [-0.39, 0.29) is 0 Å². The number of nitrogens with one attached hydrogen (secondary N) is 1. The zero-order valence-corrected chi connectivity index (χ0v) is 13.2. The van der Waals surface area contributed by atoms with Crippen LogP contribution in [0.2, 0.25) is 0 Å². The predicted molar refractivity (Wildman–Crippen MR) is 80.9 cm³/mol. The van der Waals surface area contributed by atoms with Crippen LogP contribution in [0.25, 0.3) is 0 Å². The molecule has 1 aliphatic rings. The first-order valence-electron chi connectivity index (χ1n) is 7.92. The second-order valence-corrected chi connectivity index (χ2v) is 6.74. The van der Waals surface area contributed by atoms with Crippen molar-refractivity contribution in [1.82, 2.24) is 10.2 Å². The molecular weight excluding hydrogens is 220 g/mol. The van der Waals surface area contributed by atoms with Crippen LogP contribution in [0.15, 0.2) is 0 Å². The van der Waals surface area contributed by atoms with Gasteiger partial charge in [0.2, 0.25) is 0 Å². The fraction of sp³-hybridized carbons (Fsp3) is 1.00. The molecule has 0 aromatic carbocycles. The van der Waals surface area contributed by atoms with E-state index in [1.165, 1.54) is 45.2 Å². The first kappa shape index (κ1) is 16.0. The Bertz CT molecular complexity index is 215. The van der Waals surface area contributed by atoms with Crippen LogP contribution in [0, 0.1) is 17.8 Å². The van der Waals surface area contributed by atoms with Gasteiger partial charge in [-0.25, -0.2) is 0 Å². The Morgan fingerprint density at radius 1 is 1.28 bits per heavy atom. The van der Waals surface area contributed by atoms with Crippen molar-refractivity contribution in [2.45, 2.75) is 58.9 Å². The van der Waals surface area contributed by atoms with E-state index in [2.05, 4.69) is 45.1 Å². The number of rotatable bonds is 7. The van der Waals surface area contributed by atoms with Gasteiger partial charge in [-0.3, -0.25) is 0 Å². The Kier molecular flexibility index (Phi) is 7.25. The lowest BCUT2D eigenvalue weighted by Gasteiger charge is -2.38. The minimum absolute atomic E-state index is 0.743. The van der Waals surface area contributed by atoms with Gasteiger partial charge in [0, 0.05) is 19.1 Å². The average Bonchev–Trinajstić information content (AvgIpc) is 2.28. The van der Waals surface area contributed by atoms with E-state index < -0.39 is 0 Å². The largest absolute Gasteiger partial charge is 0.317 e. The standard InChI is InChI=1S/C16H34N2/c1-6-7-14-8-9-16(17-4)15(10-14)12-18(5)11-13(2)3/h13-17H,6-12H2,1-5H3. The van der Waals surface area contributed by atoms with E-state index >= 15 is 0 Å². The lowest BCUT2D eigenvalue weighted by atomic mass is 9.76. The summed E-state index contributed by atoms with van der Waals surface area (Å²) in [5.41, 5.74) is 0. The van der Waals surface area contributed by atoms with Gasteiger partial charge in [-0.15, -0.1) is 0 Å². The van der Waals surface area contributed by atoms with Gasteiger partial charge in [-0.05, 0) is 51.1 Å². The van der Waals surface area contributed by atoms with Crippen molar-refractivity contribution in [1.29, 1.82) is 0 Å². The zero-order chi connectivity index (χ0) is 13.5. The molecule has 2 nitrogen and oxygen atoms in total. The molecule has 1 N–H and O–H groups in total. The molecule has 1 saturated carbocycles. The molecule has 0 saturated heterocycles. The maximum absolute atomic E-state index is 3.55. The SMILES string of the molecule is CCCC1CCC(NC)C(CN(C)CC(C)C)C1. The summed E-state index contributed by atoms with van der Waals surface area (Å²) in [5, 5.41) is 3.55. The maximum atomic E-state index is 3.55. The summed E-state index contributed by atoms with van der Waals surface area (Å²) >= 11 is 0. The van der Waals surface area contributed by atoms with Gasteiger partial charge in [-0.2, -0.15) is 0 Å². The van der Waals surface area contributed by atoms with Gasteiger partial charge >= 0.3 is 0 Å². The van der Waals surface area contributed by atoms with E-state index in [0.29, 0.717) is 0 Å². The first-order valence-corrected chi connectivity index (χ1v) is 7.92. The molecule has 0 heterocycles. The third-order valence-electron chi connectivity index (χ3n) is 4.38. The van der Waals surface area contributed by atoms with Crippen molar-refractivity contribution >= 4 is 0 Å². The molecule has 0 bridgehead atoms. The molecule has 0 amide bonds. The molecule has 0 aromatic rings. The fourth-order valence-corrected chi connectivity index (χ4v) is 3.71. The maximum Gasteiger partial charge on any atom is 0.0105 e. The van der Waals surface area contributed by atoms with Gasteiger partial charge in [0.1, 0.15) is 0 Å². The molecule has 0 aliphatic heterocycles. The second kappa shape index (κ2) is 8.16. The van der Waals surface area contributed by atoms with E-state index in [1.807, 2.05) is 0 Å². The Labute approximate surface area is 115 Å². The van der Waals surface area contributed by atoms with Crippen molar-refractivity contribution in [2.75, 3.05) is 27.2 Å². The Balaban J connectivity index is 2.46. The van der Waals surface area contributed by atoms with Crippen LogP contribution in [0.5, 0.6) is 0 Å². The Hall–Kier alpha value is -0.0800. The van der Waals surface area contributed by atoms with Gasteiger partial charge in [-0.1, -0.05) is 33.6 Å². The number of nitrogens with zero attached hydrogens (tertiary/aromatic N) is 1. The lowest BCUT2D eigenvalue weighted by Crippen LogP contribution is -2.44. The Morgan fingerprint density at radius 3 is 2.56 bits per heavy atom. The van der Waals surface area contributed by atoms with Crippen LogP contribution in [-0.2, 0) is 0 Å². The Morgan fingerprint density at radius 2 is 2.00 bits per heavy atom. The van der Waals surface area contributed by atoms with Crippen molar-refractivity contribution in [2.24, 2.45) is 17.8 Å². The molecule has 0 spiro atoms. The highest BCUT2D eigenvalue weighted by Gasteiger charge is 2.29.